The van der Waals surface area contributed by atoms with Crippen LogP contribution in [-0.4, -0.2) is 171 Å². The highest BCUT2D eigenvalue weighted by Gasteiger charge is 2.45. The second-order valence-electron chi connectivity index (χ2n) is 24.6. The van der Waals surface area contributed by atoms with Crippen LogP contribution in [0.25, 0.3) is 10.4 Å². The van der Waals surface area contributed by atoms with Gasteiger partial charge in [0.1, 0.15) is 24.4 Å². The largest absolute Gasteiger partial charge is 0.490 e. The van der Waals surface area contributed by atoms with E-state index < -0.39 is 35.7 Å². The Morgan fingerprint density at radius 1 is 0.849 bits per heavy atom. The topological polar surface area (TPSA) is 221 Å². The molecule has 23 heteroatoms. The number of aliphatic hydroxyl groups excluding tert-OH is 1. The van der Waals surface area contributed by atoms with Crippen molar-refractivity contribution < 1.29 is 47.3 Å². The van der Waals surface area contributed by atoms with E-state index in [2.05, 4.69) is 72.3 Å². The number of thiazole rings is 1. The van der Waals surface area contributed by atoms with E-state index in [9.17, 15) is 37.9 Å². The quantitative estimate of drug-likeness (QED) is 0.0685. The fraction of sp³-hybridized carbons (Fsp3) is 0.524. The molecule has 4 fully saturated rings. The number of β-amino-alcohol motifs (C(OH)–C–C–N with tert-alkyl or cyclic N) is 1. The van der Waals surface area contributed by atoms with Crippen LogP contribution in [-0.2, 0) is 31.2 Å². The average molecular weight is 1230 g/mol. The molecular formula is C63H79ClF3N11O7S. The number of carboxylic acid groups (broad SMARTS) is 1. The summed E-state index contributed by atoms with van der Waals surface area (Å²) in [5.41, 5.74) is 7.25. The van der Waals surface area contributed by atoms with E-state index in [0.717, 1.165) is 135 Å². The number of nitriles is 1. The van der Waals surface area contributed by atoms with E-state index >= 15 is 0 Å². The standard InChI is InChI=1S/C61H78ClN11O5S.C2HF3O2/c1-40(44-8-10-45(11-9-44)55-41(2)65-39-79-55)66-57(76)53-33-51(74)36-73(53)58(77)56(60(3,4)5)68-54(75)37-70-22-17-42(18-23-70)35-69-24-19-50(20-25-69)71-26-28-72(29-27-71)59-64-21-16-49(67-59)38-78-52-14-12-46(13-15-52)61(6,7)47-30-43(34-63)31-48(62)32-47;3-2(4,5)1(6)7/h8-16,21,30-32,39-40,42,50-51,53,56,74H,17-20,22-29,33,35-38H2,1-7H3,(H,66,76)(H,68,75);(H,6,7)/t40-,51+,53-,56+;/m0./s1. The van der Waals surface area contributed by atoms with Crippen LogP contribution >= 0.6 is 22.9 Å². The molecule has 5 aromatic rings. The van der Waals surface area contributed by atoms with Crippen molar-refractivity contribution in [3.05, 3.63) is 123 Å². The Morgan fingerprint density at radius 2 is 1.50 bits per heavy atom. The van der Waals surface area contributed by atoms with E-state index in [4.69, 9.17) is 31.2 Å². The third-order valence-corrected chi connectivity index (χ3v) is 18.2. The Morgan fingerprint density at radius 3 is 2.10 bits per heavy atom. The maximum atomic E-state index is 14.3. The lowest BCUT2D eigenvalue weighted by molar-refractivity contribution is -0.192. The SMILES string of the molecule is Cc1ncsc1-c1ccc([C@H](C)NC(=O)[C@@H]2C[C@@H](O)CN2C(=O)[C@@H](NC(=O)CN2CCC(CN3CCC(N4CCN(c5nccc(COc6ccc(C(C)(C)c7cc(Cl)cc(C#N)c7)cc6)n5)CC4)CC3)CC2)C(C)(C)C)cc1.O=C(O)C(F)(F)F. The number of carboxylic acids is 1. The minimum Gasteiger partial charge on any atom is -0.487 e. The van der Waals surface area contributed by atoms with Gasteiger partial charge in [-0.25, -0.2) is 19.7 Å². The first-order valence-electron chi connectivity index (χ1n) is 29.3. The number of likely N-dealkylation sites (tertiary alicyclic amines) is 3. The van der Waals surface area contributed by atoms with Crippen LogP contribution in [0.5, 0.6) is 5.75 Å². The monoisotopic (exact) mass is 1230 g/mol. The van der Waals surface area contributed by atoms with Crippen LogP contribution in [0.1, 0.15) is 113 Å². The van der Waals surface area contributed by atoms with E-state index in [1.807, 2.05) is 101 Å². The number of amides is 3. The summed E-state index contributed by atoms with van der Waals surface area (Å²) in [7, 11) is 0. The van der Waals surface area contributed by atoms with Gasteiger partial charge >= 0.3 is 12.1 Å². The molecule has 2 aromatic heterocycles. The van der Waals surface area contributed by atoms with E-state index in [0.29, 0.717) is 29.2 Å². The second-order valence-corrected chi connectivity index (χ2v) is 25.9. The summed E-state index contributed by atoms with van der Waals surface area (Å²) in [5.74, 6) is -1.58. The lowest BCUT2D eigenvalue weighted by atomic mass is 9.78. The molecule has 0 aliphatic carbocycles. The number of piperazine rings is 1. The van der Waals surface area contributed by atoms with Gasteiger partial charge in [-0.05, 0) is 136 Å². The minimum atomic E-state index is -5.08. The number of benzene rings is 3. The molecule has 9 rings (SSSR count). The zero-order valence-corrected chi connectivity index (χ0v) is 51.5. The first-order chi connectivity index (χ1) is 40.7. The highest BCUT2D eigenvalue weighted by molar-refractivity contribution is 7.13. The van der Waals surface area contributed by atoms with Gasteiger partial charge in [-0.1, -0.05) is 82.6 Å². The molecule has 4 aliphatic heterocycles. The molecule has 0 bridgehead atoms. The number of nitrogens with zero attached hydrogens (tertiary/aromatic N) is 9. The van der Waals surface area contributed by atoms with Crippen molar-refractivity contribution >= 4 is 52.6 Å². The van der Waals surface area contributed by atoms with E-state index in [-0.39, 0.29) is 48.7 Å². The first kappa shape index (κ1) is 65.2. The van der Waals surface area contributed by atoms with Crippen LogP contribution in [0, 0.1) is 29.6 Å². The lowest BCUT2D eigenvalue weighted by Crippen LogP contribution is -2.59. The van der Waals surface area contributed by atoms with Crippen molar-refractivity contribution in [3.63, 3.8) is 0 Å². The molecule has 0 saturated carbocycles. The molecule has 18 nitrogen and oxygen atoms in total. The van der Waals surface area contributed by atoms with Crippen LogP contribution in [0.15, 0.2) is 84.5 Å². The van der Waals surface area contributed by atoms with E-state index in [1.165, 1.54) is 4.90 Å². The van der Waals surface area contributed by atoms with E-state index in [1.54, 1.807) is 17.4 Å². The Balaban J connectivity index is 0.00000129. The van der Waals surface area contributed by atoms with Gasteiger partial charge in [0.05, 0.1) is 52.1 Å². The van der Waals surface area contributed by atoms with Gasteiger partial charge < -0.3 is 40.3 Å². The van der Waals surface area contributed by atoms with Gasteiger partial charge in [0.25, 0.3) is 0 Å². The summed E-state index contributed by atoms with van der Waals surface area (Å²) in [6.45, 7) is 23.1. The second kappa shape index (κ2) is 28.4. The van der Waals surface area contributed by atoms with Gasteiger partial charge in [0.15, 0.2) is 0 Å². The number of carbonyl (C=O) groups excluding carboxylic acids is 3. The van der Waals surface area contributed by atoms with Gasteiger partial charge in [0, 0.05) is 68.4 Å². The Labute approximate surface area is 510 Å². The van der Waals surface area contributed by atoms with Crippen molar-refractivity contribution in [3.8, 4) is 22.3 Å². The van der Waals surface area contributed by atoms with Crippen molar-refractivity contribution in [2.45, 2.75) is 129 Å². The minimum absolute atomic E-state index is 0.0300. The molecular weight excluding hydrogens is 1150 g/mol. The van der Waals surface area contributed by atoms with Gasteiger partial charge in [0.2, 0.25) is 23.7 Å². The molecule has 0 unspecified atom stereocenters. The number of aliphatic hydroxyl groups is 1. The highest BCUT2D eigenvalue weighted by atomic mass is 35.5. The summed E-state index contributed by atoms with van der Waals surface area (Å²) >= 11 is 7.92. The summed E-state index contributed by atoms with van der Waals surface area (Å²) in [5, 5.41) is 34.1. The number of hydrogen-bond donors (Lipinski definition) is 4. The van der Waals surface area contributed by atoms with Crippen LogP contribution in [0.2, 0.25) is 5.02 Å². The summed E-state index contributed by atoms with van der Waals surface area (Å²) < 4.78 is 37.9. The molecule has 4 N–H and O–H groups in total. The number of hydrogen-bond acceptors (Lipinski definition) is 15. The predicted molar refractivity (Wildman–Crippen MR) is 324 cm³/mol. The number of aliphatic carboxylic acids is 1. The van der Waals surface area contributed by atoms with Crippen molar-refractivity contribution in [2.75, 3.05) is 76.9 Å². The molecule has 4 aliphatic rings. The molecule has 86 heavy (non-hydrogen) atoms. The fourth-order valence-corrected chi connectivity index (χ4v) is 12.8. The average Bonchev–Trinajstić information content (AvgIpc) is 2.70. The number of carbonyl (C=O) groups is 4. The van der Waals surface area contributed by atoms with Gasteiger partial charge in [-0.2, -0.15) is 18.4 Å². The Bertz CT molecular complexity index is 3170. The molecule has 0 spiro atoms. The zero-order valence-electron chi connectivity index (χ0n) is 49.9. The zero-order chi connectivity index (χ0) is 62.1. The van der Waals surface area contributed by atoms with Crippen molar-refractivity contribution in [2.24, 2.45) is 11.3 Å². The molecule has 6 heterocycles. The molecule has 3 aromatic carbocycles. The number of halogens is 4. The number of aromatic nitrogens is 3. The normalized spacial score (nSPS) is 19.4. The third kappa shape index (κ3) is 17.1. The summed E-state index contributed by atoms with van der Waals surface area (Å²) in [6, 6.07) is 24.2. The smallest absolute Gasteiger partial charge is 0.487 e. The molecule has 4 saturated heterocycles. The maximum absolute atomic E-state index is 14.3. The predicted octanol–water partition coefficient (Wildman–Crippen LogP) is 8.64. The number of piperidine rings is 2. The van der Waals surface area contributed by atoms with Crippen molar-refractivity contribution in [1.82, 2.24) is 45.2 Å². The van der Waals surface area contributed by atoms with Crippen LogP contribution in [0.4, 0.5) is 19.1 Å². The lowest BCUT2D eigenvalue weighted by Gasteiger charge is -2.43. The third-order valence-electron chi connectivity index (χ3n) is 17.0. The van der Waals surface area contributed by atoms with Crippen LogP contribution < -0.4 is 20.3 Å². The highest BCUT2D eigenvalue weighted by Crippen LogP contribution is 2.36. The molecule has 3 amide bonds. The molecule has 0 radical (unpaired) electrons. The number of anilines is 1. The number of nitrogens with one attached hydrogen (secondary N) is 2. The number of alkyl halides is 3. The summed E-state index contributed by atoms with van der Waals surface area (Å²) in [6.07, 6.45) is 0.374. The number of ether oxygens (including phenoxy) is 1. The number of aryl methyl sites for hydroxylation is 1. The summed E-state index contributed by atoms with van der Waals surface area (Å²) in [4.78, 5) is 77.0. The fourth-order valence-electron chi connectivity index (χ4n) is 11.8. The first-order valence-corrected chi connectivity index (χ1v) is 30.6. The van der Waals surface area contributed by atoms with Gasteiger partial charge in [-0.15, -0.1) is 11.3 Å². The van der Waals surface area contributed by atoms with Crippen molar-refractivity contribution in [1.29, 1.82) is 5.26 Å². The molecule has 462 valence electrons. The Hall–Kier alpha value is -6.74. The maximum Gasteiger partial charge on any atom is 0.490 e. The van der Waals surface area contributed by atoms with Crippen LogP contribution in [0.3, 0.4) is 0 Å². The number of rotatable bonds is 17. The molecule has 4 atom stereocenters. The Kier molecular flexibility index (Phi) is 21.5. The van der Waals surface area contributed by atoms with Gasteiger partial charge in [-0.3, -0.25) is 24.2 Å².